The molecule has 1 aliphatic heterocycles. The van der Waals surface area contributed by atoms with Gasteiger partial charge in [0, 0.05) is 36.4 Å². The minimum atomic E-state index is -0.162. The molecule has 22 heavy (non-hydrogen) atoms. The summed E-state index contributed by atoms with van der Waals surface area (Å²) in [4.78, 5) is 23.4. The van der Waals surface area contributed by atoms with Crippen molar-refractivity contribution < 1.29 is 4.79 Å². The lowest BCUT2D eigenvalue weighted by Gasteiger charge is -2.33. The van der Waals surface area contributed by atoms with Gasteiger partial charge in [-0.25, -0.2) is 9.97 Å². The zero-order valence-corrected chi connectivity index (χ0v) is 13.6. The molecule has 2 heterocycles. The number of aromatic nitrogens is 2. The van der Waals surface area contributed by atoms with Crippen molar-refractivity contribution >= 4 is 11.7 Å². The molecule has 1 saturated heterocycles. The summed E-state index contributed by atoms with van der Waals surface area (Å²) in [6, 6.07) is 0.458. The molecule has 6 heteroatoms. The van der Waals surface area contributed by atoms with Crippen molar-refractivity contribution in [3.63, 3.8) is 0 Å². The lowest BCUT2D eigenvalue weighted by atomic mass is 9.82. The number of anilines is 1. The van der Waals surface area contributed by atoms with E-state index in [1.807, 2.05) is 13.8 Å². The second kappa shape index (κ2) is 5.83. The number of hydrogen-bond donors (Lipinski definition) is 2. The van der Waals surface area contributed by atoms with Gasteiger partial charge in [-0.1, -0.05) is 6.92 Å². The zero-order valence-electron chi connectivity index (χ0n) is 13.6. The molecule has 1 atom stereocenters. The molecule has 1 aromatic heterocycles. The second-order valence-electron chi connectivity index (χ2n) is 6.82. The summed E-state index contributed by atoms with van der Waals surface area (Å²) in [6.07, 6.45) is 3.05. The Labute approximate surface area is 131 Å². The summed E-state index contributed by atoms with van der Waals surface area (Å²) in [7, 11) is 0. The van der Waals surface area contributed by atoms with Crippen molar-refractivity contribution in [2.75, 3.05) is 18.0 Å². The maximum atomic E-state index is 12.4. The average molecular weight is 303 g/mol. The Morgan fingerprint density at radius 3 is 2.64 bits per heavy atom. The number of nitrogens with zero attached hydrogens (tertiary/aromatic N) is 3. The van der Waals surface area contributed by atoms with E-state index < -0.39 is 0 Å². The molecule has 0 aromatic carbocycles. The first-order valence-electron chi connectivity index (χ1n) is 8.10. The molecule has 1 aromatic rings. The van der Waals surface area contributed by atoms with Crippen LogP contribution in [0.4, 0.5) is 5.82 Å². The van der Waals surface area contributed by atoms with Gasteiger partial charge >= 0.3 is 0 Å². The van der Waals surface area contributed by atoms with Crippen molar-refractivity contribution in [3.05, 3.63) is 17.1 Å². The molecule has 0 unspecified atom stereocenters. The van der Waals surface area contributed by atoms with Crippen LogP contribution >= 0.6 is 0 Å². The molecule has 0 spiro atoms. The SMILES string of the molecule is Cc1nc(C(=O)NC2CC(C)C2)nc(N2CC[C@@H](N)C2)c1C. The van der Waals surface area contributed by atoms with Gasteiger partial charge in [0.2, 0.25) is 5.82 Å². The maximum Gasteiger partial charge on any atom is 0.289 e. The topological polar surface area (TPSA) is 84.1 Å². The Hall–Kier alpha value is -1.69. The molecule has 2 fully saturated rings. The molecular formula is C16H25N5O. The summed E-state index contributed by atoms with van der Waals surface area (Å²) < 4.78 is 0. The van der Waals surface area contributed by atoms with Gasteiger partial charge in [0.25, 0.3) is 5.91 Å². The van der Waals surface area contributed by atoms with Crippen LogP contribution in [0.25, 0.3) is 0 Å². The van der Waals surface area contributed by atoms with Gasteiger partial charge in [-0.2, -0.15) is 0 Å². The lowest BCUT2D eigenvalue weighted by Crippen LogP contribution is -2.44. The van der Waals surface area contributed by atoms with Crippen LogP contribution in [0.3, 0.4) is 0 Å². The molecule has 0 radical (unpaired) electrons. The van der Waals surface area contributed by atoms with Crippen molar-refractivity contribution in [3.8, 4) is 0 Å². The quantitative estimate of drug-likeness (QED) is 0.875. The van der Waals surface area contributed by atoms with Crippen LogP contribution in [0, 0.1) is 19.8 Å². The van der Waals surface area contributed by atoms with Crippen LogP contribution < -0.4 is 16.0 Å². The highest BCUT2D eigenvalue weighted by atomic mass is 16.2. The molecule has 0 bridgehead atoms. The largest absolute Gasteiger partial charge is 0.355 e. The standard InChI is InChI=1S/C16H25N5O/c1-9-6-13(7-9)19-16(22)14-18-11(3)10(2)15(20-14)21-5-4-12(17)8-21/h9,12-13H,4-8,17H2,1-3H3,(H,19,22)/t9?,12-,13?/m1/s1. The number of amides is 1. The number of carbonyl (C=O) groups is 1. The minimum absolute atomic E-state index is 0.162. The van der Waals surface area contributed by atoms with Gasteiger partial charge in [-0.05, 0) is 39.0 Å². The first-order valence-corrected chi connectivity index (χ1v) is 8.10. The van der Waals surface area contributed by atoms with Crippen molar-refractivity contribution in [2.45, 2.75) is 52.1 Å². The third-order valence-electron chi connectivity index (χ3n) is 4.80. The van der Waals surface area contributed by atoms with E-state index in [0.717, 1.165) is 49.4 Å². The van der Waals surface area contributed by atoms with E-state index in [1.54, 1.807) is 0 Å². The third-order valence-corrected chi connectivity index (χ3v) is 4.80. The van der Waals surface area contributed by atoms with E-state index in [9.17, 15) is 4.79 Å². The first kappa shape index (κ1) is 15.2. The third kappa shape index (κ3) is 2.92. The Bertz CT molecular complexity index is 582. The van der Waals surface area contributed by atoms with Crippen LogP contribution in [0.1, 0.15) is 48.1 Å². The number of carbonyl (C=O) groups excluding carboxylic acids is 1. The van der Waals surface area contributed by atoms with Gasteiger partial charge < -0.3 is 16.0 Å². The van der Waals surface area contributed by atoms with Crippen LogP contribution in [-0.2, 0) is 0 Å². The Balaban J connectivity index is 1.79. The summed E-state index contributed by atoms with van der Waals surface area (Å²) in [5, 5.41) is 3.03. The van der Waals surface area contributed by atoms with Gasteiger partial charge in [0.05, 0.1) is 0 Å². The lowest BCUT2D eigenvalue weighted by molar-refractivity contribution is 0.0885. The van der Waals surface area contributed by atoms with Crippen LogP contribution in [0.5, 0.6) is 0 Å². The fourth-order valence-corrected chi connectivity index (χ4v) is 3.27. The summed E-state index contributed by atoms with van der Waals surface area (Å²) in [5.74, 6) is 1.67. The van der Waals surface area contributed by atoms with E-state index in [4.69, 9.17) is 5.73 Å². The molecule has 3 N–H and O–H groups in total. The molecule has 6 nitrogen and oxygen atoms in total. The number of rotatable bonds is 3. The van der Waals surface area contributed by atoms with Gasteiger partial charge in [-0.3, -0.25) is 4.79 Å². The number of nitrogens with one attached hydrogen (secondary N) is 1. The van der Waals surface area contributed by atoms with Gasteiger partial charge in [0.15, 0.2) is 0 Å². The number of nitrogens with two attached hydrogens (primary N) is 1. The fourth-order valence-electron chi connectivity index (χ4n) is 3.27. The minimum Gasteiger partial charge on any atom is -0.355 e. The highest BCUT2D eigenvalue weighted by molar-refractivity contribution is 5.91. The summed E-state index contributed by atoms with van der Waals surface area (Å²) in [5.41, 5.74) is 7.88. The summed E-state index contributed by atoms with van der Waals surface area (Å²) in [6.45, 7) is 7.81. The van der Waals surface area contributed by atoms with Crippen molar-refractivity contribution in [1.29, 1.82) is 0 Å². The van der Waals surface area contributed by atoms with E-state index in [-0.39, 0.29) is 23.8 Å². The molecular weight excluding hydrogens is 278 g/mol. The molecule has 1 saturated carbocycles. The van der Waals surface area contributed by atoms with Gasteiger partial charge in [-0.15, -0.1) is 0 Å². The normalized spacial score (nSPS) is 27.6. The molecule has 2 aliphatic rings. The predicted molar refractivity (Wildman–Crippen MR) is 86.0 cm³/mol. The molecule has 120 valence electrons. The van der Waals surface area contributed by atoms with E-state index in [0.29, 0.717) is 5.92 Å². The van der Waals surface area contributed by atoms with Crippen LogP contribution in [0.15, 0.2) is 0 Å². The van der Waals surface area contributed by atoms with Crippen molar-refractivity contribution in [2.24, 2.45) is 11.7 Å². The first-order chi connectivity index (χ1) is 10.4. The Kier molecular flexibility index (Phi) is 4.04. The monoisotopic (exact) mass is 303 g/mol. The van der Waals surface area contributed by atoms with Gasteiger partial charge in [0.1, 0.15) is 5.82 Å². The number of hydrogen-bond acceptors (Lipinski definition) is 5. The Morgan fingerprint density at radius 2 is 2.05 bits per heavy atom. The second-order valence-corrected chi connectivity index (χ2v) is 6.82. The fraction of sp³-hybridized carbons (Fsp3) is 0.688. The molecule has 3 rings (SSSR count). The smallest absolute Gasteiger partial charge is 0.289 e. The molecule has 1 aliphatic carbocycles. The van der Waals surface area contributed by atoms with E-state index >= 15 is 0 Å². The van der Waals surface area contributed by atoms with E-state index in [2.05, 4.69) is 27.1 Å². The number of aryl methyl sites for hydroxylation is 1. The van der Waals surface area contributed by atoms with E-state index in [1.165, 1.54) is 0 Å². The zero-order chi connectivity index (χ0) is 15.9. The highest BCUT2D eigenvalue weighted by Crippen LogP contribution is 2.27. The summed E-state index contributed by atoms with van der Waals surface area (Å²) >= 11 is 0. The maximum absolute atomic E-state index is 12.4. The highest BCUT2D eigenvalue weighted by Gasteiger charge is 2.29. The van der Waals surface area contributed by atoms with Crippen molar-refractivity contribution in [1.82, 2.24) is 15.3 Å². The average Bonchev–Trinajstić information content (AvgIpc) is 2.86. The predicted octanol–water partition coefficient (Wildman–Crippen LogP) is 1.16. The molecule has 1 amide bonds. The van der Waals surface area contributed by atoms with Crippen LogP contribution in [-0.4, -0.2) is 41.0 Å². The van der Waals surface area contributed by atoms with Crippen LogP contribution in [0.2, 0.25) is 0 Å². The Morgan fingerprint density at radius 1 is 1.32 bits per heavy atom.